The molecular formula is C11H24O. The molecule has 1 heteroatoms. The molecule has 74 valence electrons. The van der Waals surface area contributed by atoms with Crippen molar-refractivity contribution in [2.24, 2.45) is 17.8 Å². The van der Waals surface area contributed by atoms with Gasteiger partial charge in [0.1, 0.15) is 0 Å². The van der Waals surface area contributed by atoms with E-state index in [4.69, 9.17) is 4.74 Å². The number of hydrogen-bond donors (Lipinski definition) is 0. The van der Waals surface area contributed by atoms with Crippen molar-refractivity contribution in [1.82, 2.24) is 0 Å². The lowest BCUT2D eigenvalue weighted by molar-refractivity contribution is 0.0164. The Kier molecular flexibility index (Phi) is 5.56. The molecule has 1 nitrogen and oxygen atoms in total. The molecule has 0 saturated carbocycles. The van der Waals surface area contributed by atoms with E-state index in [1.54, 1.807) is 0 Å². The molecule has 0 N–H and O–H groups in total. The molecule has 0 aromatic carbocycles. The molecule has 0 heterocycles. The molecule has 0 spiro atoms. The van der Waals surface area contributed by atoms with Crippen LogP contribution in [0.1, 0.15) is 41.0 Å². The first-order chi connectivity index (χ1) is 5.49. The zero-order chi connectivity index (χ0) is 9.72. The lowest BCUT2D eigenvalue weighted by atomic mass is 9.88. The number of hydrogen-bond acceptors (Lipinski definition) is 1. The Morgan fingerprint density at radius 1 is 1.00 bits per heavy atom. The van der Waals surface area contributed by atoms with Crippen LogP contribution in [0.4, 0.5) is 0 Å². The van der Waals surface area contributed by atoms with Crippen LogP contribution in [0.3, 0.4) is 0 Å². The third-order valence-corrected chi connectivity index (χ3v) is 2.33. The molecule has 0 aliphatic carbocycles. The molecule has 0 aromatic heterocycles. The van der Waals surface area contributed by atoms with Gasteiger partial charge in [-0.1, -0.05) is 34.6 Å². The van der Waals surface area contributed by atoms with E-state index in [1.165, 1.54) is 6.42 Å². The van der Waals surface area contributed by atoms with Crippen molar-refractivity contribution in [1.29, 1.82) is 0 Å². The highest BCUT2D eigenvalue weighted by Gasteiger charge is 2.20. The van der Waals surface area contributed by atoms with Crippen LogP contribution < -0.4 is 0 Å². The standard InChI is InChI=1S/C11H24O/c1-8(2)7-10(5)11(12-6)9(3)4/h8-11H,7H2,1-6H3/t10-,11+/m1/s1. The van der Waals surface area contributed by atoms with E-state index in [0.29, 0.717) is 17.9 Å². The second-order valence-corrected chi connectivity index (χ2v) is 4.55. The fraction of sp³-hybridized carbons (Fsp3) is 1.00. The molecule has 0 bridgehead atoms. The van der Waals surface area contributed by atoms with Crippen LogP contribution in [-0.2, 0) is 4.74 Å². The maximum Gasteiger partial charge on any atom is 0.0619 e. The van der Waals surface area contributed by atoms with Gasteiger partial charge in [-0.25, -0.2) is 0 Å². The van der Waals surface area contributed by atoms with Crippen LogP contribution in [0.2, 0.25) is 0 Å². The lowest BCUT2D eigenvalue weighted by Crippen LogP contribution is -2.27. The van der Waals surface area contributed by atoms with Gasteiger partial charge >= 0.3 is 0 Å². The average molecular weight is 172 g/mol. The highest BCUT2D eigenvalue weighted by atomic mass is 16.5. The van der Waals surface area contributed by atoms with Crippen molar-refractivity contribution in [2.45, 2.75) is 47.1 Å². The van der Waals surface area contributed by atoms with Gasteiger partial charge in [0.15, 0.2) is 0 Å². The number of ether oxygens (including phenoxy) is 1. The Morgan fingerprint density at radius 3 is 1.75 bits per heavy atom. The third kappa shape index (κ3) is 4.10. The third-order valence-electron chi connectivity index (χ3n) is 2.33. The highest BCUT2D eigenvalue weighted by molar-refractivity contribution is 4.70. The molecular weight excluding hydrogens is 148 g/mol. The first-order valence-electron chi connectivity index (χ1n) is 5.01. The predicted molar refractivity (Wildman–Crippen MR) is 54.3 cm³/mol. The predicted octanol–water partition coefficient (Wildman–Crippen LogP) is 3.34. The quantitative estimate of drug-likeness (QED) is 0.618. The van der Waals surface area contributed by atoms with Crippen molar-refractivity contribution in [3.63, 3.8) is 0 Å². The Balaban J connectivity index is 3.94. The monoisotopic (exact) mass is 172 g/mol. The van der Waals surface area contributed by atoms with E-state index in [2.05, 4.69) is 34.6 Å². The van der Waals surface area contributed by atoms with Crippen molar-refractivity contribution < 1.29 is 4.74 Å². The van der Waals surface area contributed by atoms with Gasteiger partial charge in [-0.3, -0.25) is 0 Å². The molecule has 0 aliphatic heterocycles. The zero-order valence-electron chi connectivity index (χ0n) is 9.42. The van der Waals surface area contributed by atoms with Crippen molar-refractivity contribution >= 4 is 0 Å². The normalized spacial score (nSPS) is 17.0. The van der Waals surface area contributed by atoms with Gasteiger partial charge in [0.2, 0.25) is 0 Å². The fourth-order valence-electron chi connectivity index (χ4n) is 2.04. The van der Waals surface area contributed by atoms with E-state index in [1.807, 2.05) is 7.11 Å². The molecule has 0 aromatic rings. The smallest absolute Gasteiger partial charge is 0.0619 e. The molecule has 2 atom stereocenters. The SMILES string of the molecule is CO[C@@H](C(C)C)[C@H](C)CC(C)C. The molecule has 0 amide bonds. The highest BCUT2D eigenvalue weighted by Crippen LogP contribution is 2.22. The Hall–Kier alpha value is -0.0400. The van der Waals surface area contributed by atoms with Crippen LogP contribution in [0.5, 0.6) is 0 Å². The van der Waals surface area contributed by atoms with Gasteiger partial charge in [-0.05, 0) is 24.2 Å². The summed E-state index contributed by atoms with van der Waals surface area (Å²) in [5, 5.41) is 0. The van der Waals surface area contributed by atoms with Crippen molar-refractivity contribution in [3.8, 4) is 0 Å². The van der Waals surface area contributed by atoms with E-state index < -0.39 is 0 Å². The van der Waals surface area contributed by atoms with E-state index >= 15 is 0 Å². The molecule has 12 heavy (non-hydrogen) atoms. The molecule has 0 saturated heterocycles. The van der Waals surface area contributed by atoms with Gasteiger partial charge < -0.3 is 4.74 Å². The molecule has 0 rings (SSSR count). The summed E-state index contributed by atoms with van der Waals surface area (Å²) in [6.07, 6.45) is 1.68. The molecule has 0 radical (unpaired) electrons. The van der Waals surface area contributed by atoms with E-state index in [9.17, 15) is 0 Å². The second-order valence-electron chi connectivity index (χ2n) is 4.55. The summed E-state index contributed by atoms with van der Waals surface area (Å²) in [6.45, 7) is 11.3. The van der Waals surface area contributed by atoms with Crippen LogP contribution in [0.25, 0.3) is 0 Å². The molecule has 0 aliphatic rings. The van der Waals surface area contributed by atoms with Gasteiger partial charge in [-0.15, -0.1) is 0 Å². The largest absolute Gasteiger partial charge is 0.381 e. The zero-order valence-corrected chi connectivity index (χ0v) is 9.42. The minimum absolute atomic E-state index is 0.424. The maximum atomic E-state index is 5.47. The number of rotatable bonds is 5. The van der Waals surface area contributed by atoms with Crippen molar-refractivity contribution in [3.05, 3.63) is 0 Å². The summed E-state index contributed by atoms with van der Waals surface area (Å²) < 4.78 is 5.47. The van der Waals surface area contributed by atoms with Crippen LogP contribution >= 0.6 is 0 Å². The molecule has 0 unspecified atom stereocenters. The fourth-order valence-corrected chi connectivity index (χ4v) is 2.04. The summed E-state index contributed by atoms with van der Waals surface area (Å²) in [6, 6.07) is 0. The summed E-state index contributed by atoms with van der Waals surface area (Å²) in [7, 11) is 1.82. The van der Waals surface area contributed by atoms with E-state index in [-0.39, 0.29) is 0 Å². The van der Waals surface area contributed by atoms with Gasteiger partial charge in [0.25, 0.3) is 0 Å². The first kappa shape index (κ1) is 12.0. The second kappa shape index (κ2) is 5.58. The minimum Gasteiger partial charge on any atom is -0.381 e. The van der Waals surface area contributed by atoms with Gasteiger partial charge in [-0.2, -0.15) is 0 Å². The maximum absolute atomic E-state index is 5.47. The average Bonchev–Trinajstić information content (AvgIpc) is 1.85. The summed E-state index contributed by atoms with van der Waals surface area (Å²) >= 11 is 0. The minimum atomic E-state index is 0.424. The van der Waals surface area contributed by atoms with Gasteiger partial charge in [0.05, 0.1) is 6.10 Å². The van der Waals surface area contributed by atoms with Crippen LogP contribution in [0, 0.1) is 17.8 Å². The van der Waals surface area contributed by atoms with Crippen LogP contribution in [0.15, 0.2) is 0 Å². The van der Waals surface area contributed by atoms with Crippen molar-refractivity contribution in [2.75, 3.05) is 7.11 Å². The number of methoxy groups -OCH3 is 1. The first-order valence-corrected chi connectivity index (χ1v) is 5.01. The van der Waals surface area contributed by atoms with Crippen LogP contribution in [-0.4, -0.2) is 13.2 Å². The van der Waals surface area contributed by atoms with Gasteiger partial charge in [0, 0.05) is 7.11 Å². The summed E-state index contributed by atoms with van der Waals surface area (Å²) in [5.41, 5.74) is 0. The Labute approximate surface area is 77.5 Å². The lowest BCUT2D eigenvalue weighted by Gasteiger charge is -2.27. The summed E-state index contributed by atoms with van der Waals surface area (Å²) in [4.78, 5) is 0. The van der Waals surface area contributed by atoms with E-state index in [0.717, 1.165) is 5.92 Å². The molecule has 0 fully saturated rings. The summed E-state index contributed by atoms with van der Waals surface area (Å²) in [5.74, 6) is 2.08. The Bertz CT molecular complexity index is 108. The topological polar surface area (TPSA) is 9.23 Å². The Morgan fingerprint density at radius 2 is 1.50 bits per heavy atom.